The van der Waals surface area contributed by atoms with Gasteiger partial charge in [0.2, 0.25) is 0 Å². The van der Waals surface area contributed by atoms with Gasteiger partial charge in [-0.25, -0.2) is 0 Å². The van der Waals surface area contributed by atoms with Gasteiger partial charge in [-0.3, -0.25) is 4.79 Å². The zero-order chi connectivity index (χ0) is 18.4. The summed E-state index contributed by atoms with van der Waals surface area (Å²) in [5.41, 5.74) is 3.87. The van der Waals surface area contributed by atoms with Gasteiger partial charge in [0, 0.05) is 23.5 Å². The number of ether oxygens (including phenoxy) is 1. The van der Waals surface area contributed by atoms with Crippen LogP contribution in [0.1, 0.15) is 21.5 Å². The average molecular weight is 343 g/mol. The Morgan fingerprint density at radius 1 is 0.846 bits per heavy atom. The fourth-order valence-electron chi connectivity index (χ4n) is 2.45. The fraction of sp³-hybridized carbons (Fsp3) is 0.0870. The van der Waals surface area contributed by atoms with Crippen LogP contribution in [0.3, 0.4) is 0 Å². The van der Waals surface area contributed by atoms with Crippen LogP contribution in [-0.4, -0.2) is 5.78 Å². The summed E-state index contributed by atoms with van der Waals surface area (Å²) < 4.78 is 5.75. The number of benzene rings is 3. The van der Waals surface area contributed by atoms with Crippen LogP contribution in [0.15, 0.2) is 85.1 Å². The molecule has 0 heterocycles. The summed E-state index contributed by atoms with van der Waals surface area (Å²) in [6, 6.07) is 22.9. The molecule has 3 nitrogen and oxygen atoms in total. The maximum absolute atomic E-state index is 12.2. The number of anilines is 1. The Morgan fingerprint density at radius 3 is 2.23 bits per heavy atom. The Hall–Kier alpha value is -3.33. The first-order valence-electron chi connectivity index (χ1n) is 8.49. The quantitative estimate of drug-likeness (QED) is 0.447. The normalized spacial score (nSPS) is 10.7. The summed E-state index contributed by atoms with van der Waals surface area (Å²) in [6.07, 6.45) is 3.20. The second-order valence-electron chi connectivity index (χ2n) is 6.08. The largest absolute Gasteiger partial charge is 0.457 e. The number of allylic oxidation sites excluding steroid dienone is 1. The van der Waals surface area contributed by atoms with Gasteiger partial charge in [-0.1, -0.05) is 30.3 Å². The van der Waals surface area contributed by atoms with Crippen LogP contribution in [-0.2, 0) is 0 Å². The summed E-state index contributed by atoms with van der Waals surface area (Å²) in [5.74, 6) is 1.54. The number of hydrogen-bond donors (Lipinski definition) is 1. The molecule has 0 aliphatic heterocycles. The van der Waals surface area contributed by atoms with Crippen molar-refractivity contribution in [3.8, 4) is 11.5 Å². The van der Waals surface area contributed by atoms with Crippen LogP contribution in [0.25, 0.3) is 0 Å². The van der Waals surface area contributed by atoms with Crippen molar-refractivity contribution in [1.82, 2.24) is 0 Å². The molecule has 1 N–H and O–H groups in total. The summed E-state index contributed by atoms with van der Waals surface area (Å²) in [4.78, 5) is 12.2. The standard InChI is InChI=1S/C23H21NO2/c1-17-8-9-19(16-18(17)2)23(25)14-15-24-20-10-12-22(13-11-20)26-21-6-4-3-5-7-21/h3-16,24H,1-2H3. The molecule has 0 aromatic heterocycles. The molecule has 0 bridgehead atoms. The highest BCUT2D eigenvalue weighted by molar-refractivity contribution is 6.04. The van der Waals surface area contributed by atoms with Gasteiger partial charge in [0.05, 0.1) is 0 Å². The number of aryl methyl sites for hydroxylation is 2. The van der Waals surface area contributed by atoms with Gasteiger partial charge in [0.25, 0.3) is 0 Å². The Balaban J connectivity index is 1.58. The van der Waals surface area contributed by atoms with Crippen molar-refractivity contribution in [1.29, 1.82) is 0 Å². The van der Waals surface area contributed by atoms with E-state index in [2.05, 4.69) is 5.32 Å². The third kappa shape index (κ3) is 4.61. The molecule has 0 spiro atoms. The van der Waals surface area contributed by atoms with E-state index in [1.54, 1.807) is 12.3 Å². The first-order valence-corrected chi connectivity index (χ1v) is 8.49. The van der Waals surface area contributed by atoms with Crippen molar-refractivity contribution < 1.29 is 9.53 Å². The minimum Gasteiger partial charge on any atom is -0.457 e. The molecular weight excluding hydrogens is 322 g/mol. The van der Waals surface area contributed by atoms with Crippen molar-refractivity contribution in [3.05, 3.63) is 102 Å². The van der Waals surface area contributed by atoms with Crippen molar-refractivity contribution in [2.24, 2.45) is 0 Å². The van der Waals surface area contributed by atoms with E-state index in [1.165, 1.54) is 5.56 Å². The summed E-state index contributed by atoms with van der Waals surface area (Å²) in [5, 5.41) is 3.11. The van der Waals surface area contributed by atoms with E-state index >= 15 is 0 Å². The molecule has 0 saturated heterocycles. The highest BCUT2D eigenvalue weighted by atomic mass is 16.5. The van der Waals surface area contributed by atoms with Crippen molar-refractivity contribution in [3.63, 3.8) is 0 Å². The molecule has 3 rings (SSSR count). The molecule has 3 aromatic carbocycles. The van der Waals surface area contributed by atoms with Crippen LogP contribution < -0.4 is 10.1 Å². The lowest BCUT2D eigenvalue weighted by Crippen LogP contribution is -1.97. The lowest BCUT2D eigenvalue weighted by Gasteiger charge is -2.06. The second kappa shape index (κ2) is 8.17. The molecule has 0 unspecified atom stereocenters. The van der Waals surface area contributed by atoms with E-state index in [4.69, 9.17) is 4.74 Å². The van der Waals surface area contributed by atoms with E-state index in [0.29, 0.717) is 5.56 Å². The van der Waals surface area contributed by atoms with Crippen molar-refractivity contribution in [2.45, 2.75) is 13.8 Å². The molecule has 0 amide bonds. The first-order chi connectivity index (χ1) is 12.6. The van der Waals surface area contributed by atoms with Crippen LogP contribution in [0.5, 0.6) is 11.5 Å². The van der Waals surface area contributed by atoms with Gasteiger partial charge in [-0.05, 0) is 67.4 Å². The van der Waals surface area contributed by atoms with Crippen LogP contribution in [0, 0.1) is 13.8 Å². The zero-order valence-electron chi connectivity index (χ0n) is 14.9. The molecule has 0 atom stereocenters. The van der Waals surface area contributed by atoms with E-state index in [9.17, 15) is 4.79 Å². The highest BCUT2D eigenvalue weighted by Gasteiger charge is 2.03. The fourth-order valence-corrected chi connectivity index (χ4v) is 2.45. The third-order valence-corrected chi connectivity index (χ3v) is 4.11. The lowest BCUT2D eigenvalue weighted by atomic mass is 10.0. The van der Waals surface area contributed by atoms with Gasteiger partial charge < -0.3 is 10.1 Å². The van der Waals surface area contributed by atoms with Gasteiger partial charge in [-0.2, -0.15) is 0 Å². The SMILES string of the molecule is Cc1ccc(C(=O)C=CNc2ccc(Oc3ccccc3)cc2)cc1C. The lowest BCUT2D eigenvalue weighted by molar-refractivity contribution is 0.104. The molecular formula is C23H21NO2. The summed E-state index contributed by atoms with van der Waals surface area (Å²) in [7, 11) is 0. The monoisotopic (exact) mass is 343 g/mol. The Bertz CT molecular complexity index is 913. The van der Waals surface area contributed by atoms with Crippen LogP contribution in [0.4, 0.5) is 5.69 Å². The number of para-hydroxylation sites is 1. The number of carbonyl (C=O) groups excluding carboxylic acids is 1. The third-order valence-electron chi connectivity index (χ3n) is 4.11. The molecule has 3 aromatic rings. The number of rotatable bonds is 6. The van der Waals surface area contributed by atoms with Crippen LogP contribution >= 0.6 is 0 Å². The summed E-state index contributed by atoms with van der Waals surface area (Å²) >= 11 is 0. The predicted molar refractivity (Wildman–Crippen MR) is 106 cm³/mol. The average Bonchev–Trinajstić information content (AvgIpc) is 2.66. The van der Waals surface area contributed by atoms with Crippen LogP contribution in [0.2, 0.25) is 0 Å². The molecule has 0 radical (unpaired) electrons. The number of carbonyl (C=O) groups is 1. The van der Waals surface area contributed by atoms with E-state index in [0.717, 1.165) is 22.7 Å². The van der Waals surface area contributed by atoms with Crippen molar-refractivity contribution in [2.75, 3.05) is 5.32 Å². The second-order valence-corrected chi connectivity index (χ2v) is 6.08. The number of ketones is 1. The Labute approximate surface area is 154 Å². The molecule has 0 aliphatic carbocycles. The van der Waals surface area contributed by atoms with E-state index in [1.807, 2.05) is 86.6 Å². The van der Waals surface area contributed by atoms with E-state index in [-0.39, 0.29) is 5.78 Å². The number of hydrogen-bond acceptors (Lipinski definition) is 3. The molecule has 130 valence electrons. The van der Waals surface area contributed by atoms with Gasteiger partial charge in [0.1, 0.15) is 11.5 Å². The molecule has 0 saturated carbocycles. The van der Waals surface area contributed by atoms with Crippen molar-refractivity contribution >= 4 is 11.5 Å². The smallest absolute Gasteiger partial charge is 0.187 e. The van der Waals surface area contributed by atoms with Gasteiger partial charge in [0.15, 0.2) is 5.78 Å². The highest BCUT2D eigenvalue weighted by Crippen LogP contribution is 2.22. The molecule has 26 heavy (non-hydrogen) atoms. The Kier molecular flexibility index (Phi) is 5.49. The molecule has 0 fully saturated rings. The minimum atomic E-state index is -0.0235. The topological polar surface area (TPSA) is 38.3 Å². The maximum Gasteiger partial charge on any atom is 0.187 e. The first kappa shape index (κ1) is 17.5. The molecule has 0 aliphatic rings. The zero-order valence-corrected chi connectivity index (χ0v) is 14.9. The minimum absolute atomic E-state index is 0.0235. The summed E-state index contributed by atoms with van der Waals surface area (Å²) in [6.45, 7) is 4.04. The Morgan fingerprint density at radius 2 is 1.54 bits per heavy atom. The maximum atomic E-state index is 12.2. The molecule has 3 heteroatoms. The van der Waals surface area contributed by atoms with Gasteiger partial charge >= 0.3 is 0 Å². The number of nitrogens with one attached hydrogen (secondary N) is 1. The predicted octanol–water partition coefficient (Wildman–Crippen LogP) is 5.90. The van der Waals surface area contributed by atoms with Gasteiger partial charge in [-0.15, -0.1) is 0 Å². The van der Waals surface area contributed by atoms with E-state index < -0.39 is 0 Å².